The topological polar surface area (TPSA) is 170 Å². The molecule has 1 N–H and O–H groups in total. The minimum atomic E-state index is -0.810. The zero-order chi connectivity index (χ0) is 24.7. The molecule has 0 aliphatic heterocycles. The van der Waals surface area contributed by atoms with Gasteiger partial charge >= 0.3 is 11.7 Å². The van der Waals surface area contributed by atoms with Gasteiger partial charge in [0, 0.05) is 25.2 Å². The van der Waals surface area contributed by atoms with Gasteiger partial charge in [0.05, 0.1) is 33.2 Å². The summed E-state index contributed by atoms with van der Waals surface area (Å²) >= 11 is 3.05. The predicted molar refractivity (Wildman–Crippen MR) is 122 cm³/mol. The summed E-state index contributed by atoms with van der Waals surface area (Å²) in [6, 6.07) is 6.57. The SMILES string of the molecule is CCN(CC(=O)OC)c1ccc(N=Nc2c(Br)cc([N+](=O)[O-])cc2[N+](=O)[O-])c(NC(C)=O)c1. The number of esters is 1. The van der Waals surface area contributed by atoms with E-state index in [1.54, 1.807) is 17.0 Å². The van der Waals surface area contributed by atoms with Crippen LogP contribution in [0.4, 0.5) is 34.1 Å². The van der Waals surface area contributed by atoms with Crippen LogP contribution in [0.5, 0.6) is 0 Å². The van der Waals surface area contributed by atoms with Crippen molar-refractivity contribution in [1.82, 2.24) is 0 Å². The summed E-state index contributed by atoms with van der Waals surface area (Å²) in [5.74, 6) is -0.848. The lowest BCUT2D eigenvalue weighted by Crippen LogP contribution is -2.30. The molecule has 13 nitrogen and oxygen atoms in total. The highest BCUT2D eigenvalue weighted by atomic mass is 79.9. The van der Waals surface area contributed by atoms with Crippen molar-refractivity contribution in [3.63, 3.8) is 0 Å². The molecule has 0 saturated carbocycles. The van der Waals surface area contributed by atoms with Gasteiger partial charge in [-0.2, -0.15) is 0 Å². The molecule has 2 rings (SSSR count). The second-order valence-electron chi connectivity index (χ2n) is 6.48. The van der Waals surface area contributed by atoms with E-state index in [0.717, 1.165) is 12.1 Å². The van der Waals surface area contributed by atoms with Crippen LogP contribution in [0.25, 0.3) is 0 Å². The van der Waals surface area contributed by atoms with Gasteiger partial charge in [-0.15, -0.1) is 10.2 Å². The molecule has 14 heteroatoms. The Morgan fingerprint density at radius 1 is 1.15 bits per heavy atom. The number of carbonyl (C=O) groups is 2. The van der Waals surface area contributed by atoms with E-state index in [9.17, 15) is 29.8 Å². The van der Waals surface area contributed by atoms with Gasteiger partial charge in [-0.25, -0.2) is 0 Å². The number of nitrogens with zero attached hydrogens (tertiary/aromatic N) is 5. The number of rotatable bonds is 9. The normalized spacial score (nSPS) is 10.7. The molecule has 0 atom stereocenters. The van der Waals surface area contributed by atoms with E-state index >= 15 is 0 Å². The Morgan fingerprint density at radius 2 is 1.85 bits per heavy atom. The number of carbonyl (C=O) groups excluding carboxylic acids is 2. The first-order valence-corrected chi connectivity index (χ1v) is 10.1. The fraction of sp³-hybridized carbons (Fsp3) is 0.263. The Labute approximate surface area is 195 Å². The first kappa shape index (κ1) is 25.3. The molecular formula is C19H19BrN6O7. The lowest BCUT2D eigenvalue weighted by atomic mass is 10.2. The first-order valence-electron chi connectivity index (χ1n) is 9.34. The number of anilines is 2. The molecule has 174 valence electrons. The van der Waals surface area contributed by atoms with E-state index in [0.29, 0.717) is 12.2 Å². The molecule has 2 aromatic carbocycles. The number of nitrogens with one attached hydrogen (secondary N) is 1. The number of ether oxygens (including phenoxy) is 1. The third kappa shape index (κ3) is 6.52. The number of amides is 1. The van der Waals surface area contributed by atoms with E-state index in [-0.39, 0.29) is 28.1 Å². The van der Waals surface area contributed by atoms with Gasteiger partial charge < -0.3 is 15.0 Å². The zero-order valence-electron chi connectivity index (χ0n) is 17.8. The molecule has 0 unspecified atom stereocenters. The number of non-ortho nitro benzene ring substituents is 1. The number of hydrogen-bond acceptors (Lipinski definition) is 10. The average molecular weight is 523 g/mol. The maximum atomic E-state index is 11.7. The molecule has 0 fully saturated rings. The molecule has 0 heterocycles. The Balaban J connectivity index is 2.52. The molecule has 0 radical (unpaired) electrons. The van der Waals surface area contributed by atoms with Gasteiger partial charge in [0.25, 0.3) is 5.69 Å². The molecule has 0 spiro atoms. The molecule has 2 aromatic rings. The molecule has 33 heavy (non-hydrogen) atoms. The predicted octanol–water partition coefficient (Wildman–Crippen LogP) is 4.64. The number of nitro groups is 2. The number of nitro benzene ring substituents is 2. The zero-order valence-corrected chi connectivity index (χ0v) is 19.4. The lowest BCUT2D eigenvalue weighted by molar-refractivity contribution is -0.393. The van der Waals surface area contributed by atoms with Crippen molar-refractivity contribution in [2.24, 2.45) is 10.2 Å². The summed E-state index contributed by atoms with van der Waals surface area (Å²) in [6.45, 7) is 3.57. The number of benzene rings is 2. The van der Waals surface area contributed by atoms with E-state index in [1.807, 2.05) is 6.92 Å². The fourth-order valence-electron chi connectivity index (χ4n) is 2.72. The maximum Gasteiger partial charge on any atom is 0.325 e. The summed E-state index contributed by atoms with van der Waals surface area (Å²) < 4.78 is 4.69. The molecule has 0 aromatic heterocycles. The van der Waals surface area contributed by atoms with Crippen LogP contribution in [0.2, 0.25) is 0 Å². The largest absolute Gasteiger partial charge is 0.468 e. The molecule has 0 aliphatic rings. The van der Waals surface area contributed by atoms with Gasteiger partial charge in [-0.3, -0.25) is 29.8 Å². The molecule has 1 amide bonds. The van der Waals surface area contributed by atoms with Crippen molar-refractivity contribution in [1.29, 1.82) is 0 Å². The Bertz CT molecular complexity index is 1140. The summed E-state index contributed by atoms with van der Waals surface area (Å²) in [6.07, 6.45) is 0. The summed E-state index contributed by atoms with van der Waals surface area (Å²) in [5.41, 5.74) is -0.332. The Hall–Kier alpha value is -3.94. The van der Waals surface area contributed by atoms with Crippen molar-refractivity contribution in [3.05, 3.63) is 55.0 Å². The van der Waals surface area contributed by atoms with Crippen molar-refractivity contribution in [2.75, 3.05) is 30.4 Å². The third-order valence-electron chi connectivity index (χ3n) is 4.28. The van der Waals surface area contributed by atoms with Crippen LogP contribution in [0.15, 0.2) is 45.0 Å². The average Bonchev–Trinajstić information content (AvgIpc) is 2.75. The van der Waals surface area contributed by atoms with E-state index < -0.39 is 33.1 Å². The summed E-state index contributed by atoms with van der Waals surface area (Å²) in [7, 11) is 1.28. The highest BCUT2D eigenvalue weighted by Crippen LogP contribution is 2.40. The van der Waals surface area contributed by atoms with Crippen LogP contribution in [0.1, 0.15) is 13.8 Å². The van der Waals surface area contributed by atoms with Crippen molar-refractivity contribution >= 4 is 61.9 Å². The summed E-state index contributed by atoms with van der Waals surface area (Å²) in [4.78, 5) is 45.9. The molecule has 0 saturated heterocycles. The Kier molecular flexibility index (Phi) is 8.50. The van der Waals surface area contributed by atoms with Gasteiger partial charge in [0.1, 0.15) is 12.2 Å². The van der Waals surface area contributed by atoms with Crippen LogP contribution < -0.4 is 10.2 Å². The smallest absolute Gasteiger partial charge is 0.325 e. The second-order valence-corrected chi connectivity index (χ2v) is 7.34. The quantitative estimate of drug-likeness (QED) is 0.214. The first-order chi connectivity index (χ1) is 15.6. The van der Waals surface area contributed by atoms with Gasteiger partial charge in [-0.1, -0.05) is 0 Å². The minimum Gasteiger partial charge on any atom is -0.468 e. The van der Waals surface area contributed by atoms with Crippen molar-refractivity contribution in [3.8, 4) is 0 Å². The van der Waals surface area contributed by atoms with Crippen LogP contribution in [-0.4, -0.2) is 41.9 Å². The molecule has 0 bridgehead atoms. The lowest BCUT2D eigenvalue weighted by Gasteiger charge is -2.22. The van der Waals surface area contributed by atoms with Gasteiger partial charge in [-0.05, 0) is 41.1 Å². The van der Waals surface area contributed by atoms with Crippen molar-refractivity contribution < 1.29 is 24.2 Å². The van der Waals surface area contributed by atoms with E-state index in [2.05, 4.69) is 36.2 Å². The molecule has 0 aliphatic carbocycles. The number of likely N-dealkylation sites (N-methyl/N-ethyl adjacent to an activating group) is 1. The number of azo groups is 1. The fourth-order valence-corrected chi connectivity index (χ4v) is 3.24. The highest BCUT2D eigenvalue weighted by Gasteiger charge is 2.23. The van der Waals surface area contributed by atoms with Crippen LogP contribution >= 0.6 is 15.9 Å². The minimum absolute atomic E-state index is 0.0000772. The van der Waals surface area contributed by atoms with Crippen molar-refractivity contribution in [2.45, 2.75) is 13.8 Å². The maximum absolute atomic E-state index is 11.7. The molecular weight excluding hydrogens is 504 g/mol. The number of methoxy groups -OCH3 is 1. The van der Waals surface area contributed by atoms with E-state index in [4.69, 9.17) is 0 Å². The monoisotopic (exact) mass is 522 g/mol. The number of halogens is 1. The standard InChI is InChI=1S/C19H19BrN6O7/c1-4-24(10-18(28)33-3)12-5-6-15(16(8-12)21-11(2)27)22-23-19-14(20)7-13(25(29)30)9-17(19)26(31)32/h5-9H,4,10H2,1-3H3,(H,21,27). The van der Waals surface area contributed by atoms with Gasteiger partial charge in [0.2, 0.25) is 5.91 Å². The third-order valence-corrected chi connectivity index (χ3v) is 4.88. The van der Waals surface area contributed by atoms with Crippen LogP contribution in [0, 0.1) is 20.2 Å². The highest BCUT2D eigenvalue weighted by molar-refractivity contribution is 9.10. The van der Waals surface area contributed by atoms with Crippen LogP contribution in [-0.2, 0) is 14.3 Å². The Morgan fingerprint density at radius 3 is 2.39 bits per heavy atom. The number of hydrogen-bond donors (Lipinski definition) is 1. The van der Waals surface area contributed by atoms with Gasteiger partial charge in [0.15, 0.2) is 5.69 Å². The van der Waals surface area contributed by atoms with Crippen LogP contribution in [0.3, 0.4) is 0 Å². The summed E-state index contributed by atoms with van der Waals surface area (Å²) in [5, 5.41) is 32.9. The second kappa shape index (κ2) is 11.1. The van der Waals surface area contributed by atoms with E-state index in [1.165, 1.54) is 20.1 Å².